The van der Waals surface area contributed by atoms with Gasteiger partial charge in [-0.15, -0.1) is 0 Å². The van der Waals surface area contributed by atoms with Gasteiger partial charge in [-0.1, -0.05) is 147 Å². The Bertz CT molecular complexity index is 1770. The fraction of sp³-hybridized carbons (Fsp3) is 0.879. The van der Waals surface area contributed by atoms with E-state index in [9.17, 15) is 75.7 Å². The fourth-order valence-electron chi connectivity index (χ4n) is 10.5. The number of rotatable bonds is 43. The van der Waals surface area contributed by atoms with E-state index in [1.807, 2.05) is 6.08 Å². The molecule has 2 amide bonds. The van der Waals surface area contributed by atoms with E-state index in [2.05, 4.69) is 36.6 Å². The highest BCUT2D eigenvalue weighted by Gasteiger charge is 2.60. The molecule has 0 saturated carbocycles. The largest absolute Gasteiger partial charge is 0.477 e. The number of aliphatic hydroxyl groups excluding tert-OH is 11. The number of amides is 2. The molecule has 18 atom stereocenters. The molecule has 0 aliphatic carbocycles. The van der Waals surface area contributed by atoms with E-state index in [-0.39, 0.29) is 12.3 Å². The van der Waals surface area contributed by atoms with Crippen LogP contribution in [0.1, 0.15) is 188 Å². The van der Waals surface area contributed by atoms with Gasteiger partial charge in [0.2, 0.25) is 11.8 Å². The molecule has 3 aliphatic rings. The number of ether oxygens (including phenoxy) is 6. The summed E-state index contributed by atoms with van der Waals surface area (Å²) in [6.07, 6.45) is 5.35. The number of hydrogen-bond donors (Lipinski definition) is 14. The van der Waals surface area contributed by atoms with Gasteiger partial charge in [0.15, 0.2) is 12.6 Å². The Hall–Kier alpha value is -2.79. The predicted octanol–water partition coefficient (Wildman–Crippen LogP) is 2.55. The Morgan fingerprint density at radius 3 is 1.69 bits per heavy atom. The first-order valence-corrected chi connectivity index (χ1v) is 30.2. The Labute approximate surface area is 479 Å². The van der Waals surface area contributed by atoms with Crippen molar-refractivity contribution in [3.8, 4) is 0 Å². The van der Waals surface area contributed by atoms with Crippen LogP contribution in [0.25, 0.3) is 0 Å². The highest BCUT2D eigenvalue weighted by atomic mass is 16.8. The van der Waals surface area contributed by atoms with E-state index >= 15 is 0 Å². The van der Waals surface area contributed by atoms with Crippen LogP contribution >= 0.6 is 0 Å². The minimum absolute atomic E-state index is 0.195. The van der Waals surface area contributed by atoms with Crippen molar-refractivity contribution in [3.05, 3.63) is 24.3 Å². The van der Waals surface area contributed by atoms with Crippen LogP contribution in [0.2, 0.25) is 0 Å². The number of unbranched alkanes of at least 4 members (excludes halogenated alkanes) is 21. The predicted molar refractivity (Wildman–Crippen MR) is 297 cm³/mol. The lowest BCUT2D eigenvalue weighted by Gasteiger charge is -2.50. The van der Waals surface area contributed by atoms with Crippen molar-refractivity contribution in [1.29, 1.82) is 0 Å². The third-order valence-electron chi connectivity index (χ3n) is 15.4. The first kappa shape index (κ1) is 72.5. The van der Waals surface area contributed by atoms with Gasteiger partial charge >= 0.3 is 5.97 Å². The summed E-state index contributed by atoms with van der Waals surface area (Å²) in [5, 5.41) is 135. The molecule has 0 spiro atoms. The van der Waals surface area contributed by atoms with Gasteiger partial charge in [-0.25, -0.2) is 4.79 Å². The molecule has 81 heavy (non-hydrogen) atoms. The zero-order valence-corrected chi connectivity index (χ0v) is 48.4. The smallest absolute Gasteiger partial charge is 0.364 e. The molecule has 472 valence electrons. The van der Waals surface area contributed by atoms with E-state index < -0.39 is 155 Å². The molecule has 14 N–H and O–H groups in total. The second-order valence-corrected chi connectivity index (χ2v) is 22.2. The first-order chi connectivity index (χ1) is 38.9. The zero-order valence-electron chi connectivity index (χ0n) is 48.4. The molecule has 23 nitrogen and oxygen atoms in total. The van der Waals surface area contributed by atoms with Gasteiger partial charge in [-0.2, -0.15) is 0 Å². The highest BCUT2D eigenvalue weighted by Crippen LogP contribution is 2.38. The first-order valence-electron chi connectivity index (χ1n) is 30.2. The van der Waals surface area contributed by atoms with E-state index in [1.54, 1.807) is 6.08 Å². The lowest BCUT2D eigenvalue weighted by molar-refractivity contribution is -0.386. The third-order valence-corrected chi connectivity index (χ3v) is 15.4. The van der Waals surface area contributed by atoms with E-state index in [1.165, 1.54) is 70.6 Å². The quantitative estimate of drug-likeness (QED) is 0.0308. The summed E-state index contributed by atoms with van der Waals surface area (Å²) >= 11 is 0. The summed E-state index contributed by atoms with van der Waals surface area (Å²) in [6.45, 7) is 2.06. The van der Waals surface area contributed by atoms with Crippen molar-refractivity contribution in [1.82, 2.24) is 10.6 Å². The average molecular weight is 1170 g/mol. The Kier molecular flexibility index (Phi) is 36.2. The summed E-state index contributed by atoms with van der Waals surface area (Å²) < 4.78 is 34.6. The molecule has 3 heterocycles. The van der Waals surface area contributed by atoms with Crippen molar-refractivity contribution < 1.29 is 104 Å². The van der Waals surface area contributed by atoms with Gasteiger partial charge in [0, 0.05) is 19.8 Å². The standard InChI is InChI=1S/C58H104N2O21/c1-4-6-8-10-12-14-16-18-19-20-22-24-26-28-30-32-45(68)60-39(40(65)31-29-27-25-23-21-17-15-13-11-9-7-5-2)37-76-55-50(72)49(71)52(44(36-63)78-55)79-56-51(73)54(48(70)43(35-62)77-56)81-58(57(74)75)33-41(66)46(59-38(3)64)53(80-58)47(69)42(67)34-61/h14,16,29,31,39-44,46-56,61-63,65-67,69-73H,4-13,15,17-28,30,32-37H2,1-3H3,(H,59,64)(H,60,68)(H,74,75)/b16-14-,31-29+. The molecular formula is C58H104N2O21. The minimum atomic E-state index is -3.08. The number of carbonyl (C=O) groups is 3. The number of carboxylic acids is 1. The van der Waals surface area contributed by atoms with Crippen LogP contribution in [-0.4, -0.2) is 215 Å². The van der Waals surface area contributed by atoms with Crippen LogP contribution in [0.15, 0.2) is 24.3 Å². The maximum absolute atomic E-state index is 13.3. The summed E-state index contributed by atoms with van der Waals surface area (Å²) in [6, 6.07) is -2.62. The number of carboxylic acid groups (broad SMARTS) is 1. The third kappa shape index (κ3) is 25.0. The number of allylic oxidation sites excluding steroid dienone is 3. The van der Waals surface area contributed by atoms with Crippen molar-refractivity contribution >= 4 is 17.8 Å². The maximum Gasteiger partial charge on any atom is 0.364 e. The number of aliphatic carboxylic acids is 1. The summed E-state index contributed by atoms with van der Waals surface area (Å²) in [5.74, 6) is -6.15. The fourth-order valence-corrected chi connectivity index (χ4v) is 10.5. The number of carbonyl (C=O) groups excluding carboxylic acids is 2. The van der Waals surface area contributed by atoms with Crippen LogP contribution in [0, 0.1) is 0 Å². The van der Waals surface area contributed by atoms with Gasteiger partial charge in [0.05, 0.1) is 50.7 Å². The van der Waals surface area contributed by atoms with Crippen LogP contribution in [0.5, 0.6) is 0 Å². The van der Waals surface area contributed by atoms with Crippen LogP contribution in [-0.2, 0) is 42.8 Å². The molecular weight excluding hydrogens is 1060 g/mol. The molecule has 3 rings (SSSR count). The molecule has 3 fully saturated rings. The molecule has 0 aromatic rings. The topological polar surface area (TPSA) is 373 Å². The second kappa shape index (κ2) is 40.5. The van der Waals surface area contributed by atoms with Crippen LogP contribution in [0.4, 0.5) is 0 Å². The monoisotopic (exact) mass is 1160 g/mol. The van der Waals surface area contributed by atoms with Gasteiger partial charge in [0.1, 0.15) is 67.1 Å². The van der Waals surface area contributed by atoms with E-state index in [0.29, 0.717) is 12.8 Å². The zero-order chi connectivity index (χ0) is 59.7. The Balaban J connectivity index is 1.68. The Morgan fingerprint density at radius 1 is 0.642 bits per heavy atom. The van der Waals surface area contributed by atoms with Crippen molar-refractivity contribution in [2.75, 3.05) is 26.4 Å². The van der Waals surface area contributed by atoms with E-state index in [0.717, 1.165) is 77.6 Å². The molecule has 0 aromatic carbocycles. The van der Waals surface area contributed by atoms with Gasteiger partial charge in [-0.05, 0) is 44.9 Å². The molecule has 0 bridgehead atoms. The van der Waals surface area contributed by atoms with Gasteiger partial charge < -0.3 is 100 Å². The van der Waals surface area contributed by atoms with E-state index in [4.69, 9.17) is 28.4 Å². The SMILES string of the molecule is CCCCCC/C=C\CCCCCCCCCC(=O)NC(COC1OC(CO)C(OC2OC(CO)C(O)C(OC3(C(=O)O)CC(O)C(NC(C)=O)C(C(O)C(O)CO)O3)C2O)C(O)C1O)C(O)/C=C/CCCCCCCCCCCC. The normalized spacial score (nSPS) is 30.6. The molecule has 0 aromatic heterocycles. The van der Waals surface area contributed by atoms with Crippen molar-refractivity contribution in [3.63, 3.8) is 0 Å². The molecule has 23 heteroatoms. The molecule has 18 unspecified atom stereocenters. The second-order valence-electron chi connectivity index (χ2n) is 22.2. The van der Waals surface area contributed by atoms with Gasteiger partial charge in [-0.3, -0.25) is 9.59 Å². The Morgan fingerprint density at radius 2 is 1.16 bits per heavy atom. The molecule has 3 aliphatic heterocycles. The van der Waals surface area contributed by atoms with Crippen LogP contribution in [0.3, 0.4) is 0 Å². The minimum Gasteiger partial charge on any atom is -0.477 e. The van der Waals surface area contributed by atoms with Gasteiger partial charge in [0.25, 0.3) is 5.79 Å². The summed E-state index contributed by atoms with van der Waals surface area (Å²) in [7, 11) is 0. The molecule has 3 saturated heterocycles. The number of nitrogens with one attached hydrogen (secondary N) is 2. The molecule has 0 radical (unpaired) electrons. The van der Waals surface area contributed by atoms with Crippen molar-refractivity contribution in [2.24, 2.45) is 0 Å². The lowest BCUT2D eigenvalue weighted by atomic mass is 9.88. The lowest BCUT2D eigenvalue weighted by Crippen LogP contribution is -2.70. The summed E-state index contributed by atoms with van der Waals surface area (Å²) in [5.41, 5.74) is 0. The summed E-state index contributed by atoms with van der Waals surface area (Å²) in [4.78, 5) is 38.3. The number of aliphatic hydroxyl groups is 11. The highest BCUT2D eigenvalue weighted by molar-refractivity contribution is 5.77. The maximum atomic E-state index is 13.3. The number of hydrogen-bond acceptors (Lipinski definition) is 20. The average Bonchev–Trinajstić information content (AvgIpc) is 3.63. The van der Waals surface area contributed by atoms with Crippen LogP contribution < -0.4 is 10.6 Å². The van der Waals surface area contributed by atoms with Crippen molar-refractivity contribution in [2.45, 2.75) is 298 Å².